The molecular formula is C18H13N9O2S2. The Labute approximate surface area is 181 Å². The molecule has 3 heterocycles. The van der Waals surface area contributed by atoms with E-state index in [0.717, 1.165) is 0 Å². The van der Waals surface area contributed by atoms with Gasteiger partial charge >= 0.3 is 0 Å². The molecule has 0 radical (unpaired) electrons. The first-order chi connectivity index (χ1) is 15.2. The Hall–Kier alpha value is -3.58. The third-order valence-electron chi connectivity index (χ3n) is 4.34. The zero-order chi connectivity index (χ0) is 21.2. The first-order valence-corrected chi connectivity index (χ1v) is 11.0. The number of nitrogens with one attached hydrogen (secondary N) is 1. The average Bonchev–Trinajstić information content (AvgIpc) is 3.26. The van der Waals surface area contributed by atoms with Crippen molar-refractivity contribution in [2.24, 2.45) is 0 Å². The van der Waals surface area contributed by atoms with E-state index < -0.39 is 0 Å². The molecule has 0 saturated heterocycles. The topological polar surface area (TPSA) is 137 Å². The van der Waals surface area contributed by atoms with Gasteiger partial charge in [0.15, 0.2) is 5.16 Å². The molecule has 0 unspecified atom stereocenters. The van der Waals surface area contributed by atoms with Gasteiger partial charge in [-0.1, -0.05) is 58.2 Å². The maximum Gasteiger partial charge on any atom is 0.278 e. The Morgan fingerprint density at radius 1 is 0.774 bits per heavy atom. The predicted molar refractivity (Wildman–Crippen MR) is 116 cm³/mol. The Bertz CT molecular complexity index is 1400. The van der Waals surface area contributed by atoms with Crippen LogP contribution >= 0.6 is 23.5 Å². The molecule has 13 heteroatoms. The maximum atomic E-state index is 12.5. The smallest absolute Gasteiger partial charge is 0.267 e. The molecule has 0 bridgehead atoms. The second-order valence-corrected chi connectivity index (χ2v) is 8.14. The fraction of sp³-hybridized carbons (Fsp3) is 0.111. The Morgan fingerprint density at radius 2 is 1.32 bits per heavy atom. The van der Waals surface area contributed by atoms with Crippen LogP contribution in [0.25, 0.3) is 21.8 Å². The molecule has 5 aromatic rings. The van der Waals surface area contributed by atoms with Crippen LogP contribution in [0.4, 0.5) is 0 Å². The molecular weight excluding hydrogens is 438 g/mol. The number of hydrogen-bond donors (Lipinski definition) is 1. The molecule has 0 spiro atoms. The zero-order valence-electron chi connectivity index (χ0n) is 15.7. The van der Waals surface area contributed by atoms with Crippen LogP contribution in [0.5, 0.6) is 0 Å². The highest BCUT2D eigenvalue weighted by Crippen LogP contribution is 2.20. The third kappa shape index (κ3) is 3.92. The number of aromatic amines is 1. The van der Waals surface area contributed by atoms with Gasteiger partial charge in [0.1, 0.15) is 11.0 Å². The molecule has 2 aromatic carbocycles. The number of hydrogen-bond acceptors (Lipinski definition) is 10. The van der Waals surface area contributed by atoms with Crippen molar-refractivity contribution in [3.63, 3.8) is 0 Å². The van der Waals surface area contributed by atoms with Gasteiger partial charge in [-0.3, -0.25) is 14.7 Å². The predicted octanol–water partition coefficient (Wildman–Crippen LogP) is 1.51. The lowest BCUT2D eigenvalue weighted by atomic mass is 10.2. The number of aromatic nitrogens is 9. The number of H-pyrrole nitrogens is 1. The molecule has 154 valence electrons. The first-order valence-electron chi connectivity index (χ1n) is 9.02. The second kappa shape index (κ2) is 8.28. The van der Waals surface area contributed by atoms with Crippen molar-refractivity contribution in [2.75, 3.05) is 0 Å². The lowest BCUT2D eigenvalue weighted by molar-refractivity contribution is 0.643. The molecule has 1 N–H and O–H groups in total. The van der Waals surface area contributed by atoms with Gasteiger partial charge in [-0.25, -0.2) is 0 Å². The van der Waals surface area contributed by atoms with Crippen molar-refractivity contribution < 1.29 is 0 Å². The number of nitrogens with zero attached hydrogens (tertiary/aromatic N) is 8. The zero-order valence-corrected chi connectivity index (χ0v) is 17.4. The standard InChI is InChI=1S/C18H13N9O2S2/c28-15-11-5-1-3-7-13(11)20-24-26(15)9-30-17-19-18(23-22-17)31-10-27-16(29)12-6-2-4-8-14(12)21-25-27/h1-8H,9-10H2,(H,19,22,23). The number of fused-ring (bicyclic) bond motifs is 2. The van der Waals surface area contributed by atoms with Crippen LogP contribution in [0.2, 0.25) is 0 Å². The summed E-state index contributed by atoms with van der Waals surface area (Å²) in [6.07, 6.45) is 0. The Kier molecular flexibility index (Phi) is 5.18. The molecule has 0 atom stereocenters. The summed E-state index contributed by atoms with van der Waals surface area (Å²) in [4.78, 5) is 29.3. The van der Waals surface area contributed by atoms with E-state index in [9.17, 15) is 9.59 Å². The van der Waals surface area contributed by atoms with Crippen molar-refractivity contribution in [3.8, 4) is 0 Å². The minimum absolute atomic E-state index is 0.217. The van der Waals surface area contributed by atoms with Crippen LogP contribution in [0.15, 0.2) is 68.4 Å². The number of thioether (sulfide) groups is 2. The van der Waals surface area contributed by atoms with E-state index in [1.807, 2.05) is 0 Å². The highest BCUT2D eigenvalue weighted by Gasteiger charge is 2.10. The van der Waals surface area contributed by atoms with Crippen LogP contribution in [-0.2, 0) is 11.8 Å². The van der Waals surface area contributed by atoms with Gasteiger partial charge in [0.05, 0.1) is 22.5 Å². The molecule has 3 aromatic heterocycles. The molecule has 0 aliphatic carbocycles. The molecule has 31 heavy (non-hydrogen) atoms. The molecule has 5 rings (SSSR count). The van der Waals surface area contributed by atoms with Crippen molar-refractivity contribution in [1.29, 1.82) is 0 Å². The van der Waals surface area contributed by atoms with Gasteiger partial charge in [-0.2, -0.15) is 14.3 Å². The van der Waals surface area contributed by atoms with Gasteiger partial charge in [0.25, 0.3) is 11.1 Å². The van der Waals surface area contributed by atoms with Gasteiger partial charge < -0.3 is 0 Å². The molecule has 11 nitrogen and oxygen atoms in total. The lowest BCUT2D eigenvalue weighted by Crippen LogP contribution is -2.23. The summed E-state index contributed by atoms with van der Waals surface area (Å²) in [5.74, 6) is 0.444. The first kappa shape index (κ1) is 19.4. The van der Waals surface area contributed by atoms with Gasteiger partial charge in [-0.05, 0) is 24.3 Å². The van der Waals surface area contributed by atoms with Crippen molar-refractivity contribution in [2.45, 2.75) is 22.1 Å². The van der Waals surface area contributed by atoms with E-state index in [0.29, 0.717) is 32.1 Å². The van der Waals surface area contributed by atoms with Crippen molar-refractivity contribution in [1.82, 2.24) is 45.2 Å². The van der Waals surface area contributed by atoms with E-state index in [4.69, 9.17) is 0 Å². The summed E-state index contributed by atoms with van der Waals surface area (Å²) in [5, 5.41) is 24.9. The lowest BCUT2D eigenvalue weighted by Gasteiger charge is -2.03. The summed E-state index contributed by atoms with van der Waals surface area (Å²) in [6.45, 7) is 0. The molecule has 0 fully saturated rings. The quantitative estimate of drug-likeness (QED) is 0.378. The SMILES string of the molecule is O=c1c2ccccc2nnn1CSc1n[nH]c(SCn2nnc3ccccc3c2=O)n1. The van der Waals surface area contributed by atoms with Crippen LogP contribution in [0.3, 0.4) is 0 Å². The fourth-order valence-electron chi connectivity index (χ4n) is 2.82. The fourth-order valence-corrected chi connectivity index (χ4v) is 4.22. The van der Waals surface area contributed by atoms with Crippen LogP contribution in [0.1, 0.15) is 0 Å². The van der Waals surface area contributed by atoms with Crippen LogP contribution < -0.4 is 11.1 Å². The van der Waals surface area contributed by atoms with E-state index in [2.05, 4.69) is 35.8 Å². The largest absolute Gasteiger partial charge is 0.278 e. The molecule has 0 saturated carbocycles. The normalized spacial score (nSPS) is 11.4. The summed E-state index contributed by atoms with van der Waals surface area (Å²) < 4.78 is 2.53. The van der Waals surface area contributed by atoms with Crippen molar-refractivity contribution >= 4 is 45.3 Å². The maximum absolute atomic E-state index is 12.5. The Balaban J connectivity index is 1.26. The van der Waals surface area contributed by atoms with E-state index >= 15 is 0 Å². The minimum atomic E-state index is -0.225. The summed E-state index contributed by atoms with van der Waals surface area (Å²) >= 11 is 2.51. The highest BCUT2D eigenvalue weighted by atomic mass is 32.2. The van der Waals surface area contributed by atoms with E-state index in [1.54, 1.807) is 48.5 Å². The molecule has 0 amide bonds. The number of benzene rings is 2. The monoisotopic (exact) mass is 451 g/mol. The average molecular weight is 451 g/mol. The van der Waals surface area contributed by atoms with Gasteiger partial charge in [-0.15, -0.1) is 15.3 Å². The number of rotatable bonds is 6. The molecule has 0 aliphatic rings. The van der Waals surface area contributed by atoms with Crippen molar-refractivity contribution in [3.05, 3.63) is 69.2 Å². The minimum Gasteiger partial charge on any atom is -0.267 e. The van der Waals surface area contributed by atoms with E-state index in [-0.39, 0.29) is 22.9 Å². The van der Waals surface area contributed by atoms with Crippen LogP contribution in [0, 0.1) is 0 Å². The summed E-state index contributed by atoms with van der Waals surface area (Å²) in [5.41, 5.74) is 0.662. The van der Waals surface area contributed by atoms with Gasteiger partial charge in [0.2, 0.25) is 5.16 Å². The molecule has 0 aliphatic heterocycles. The summed E-state index contributed by atoms with van der Waals surface area (Å²) in [7, 11) is 0. The highest BCUT2D eigenvalue weighted by molar-refractivity contribution is 7.98. The summed E-state index contributed by atoms with van der Waals surface area (Å²) in [6, 6.07) is 14.1. The second-order valence-electron chi connectivity index (χ2n) is 6.29. The van der Waals surface area contributed by atoms with Crippen LogP contribution in [-0.4, -0.2) is 45.2 Å². The van der Waals surface area contributed by atoms with Gasteiger partial charge in [0, 0.05) is 0 Å². The Morgan fingerprint density at radius 3 is 1.94 bits per heavy atom. The third-order valence-corrected chi connectivity index (χ3v) is 5.99. The van der Waals surface area contributed by atoms with E-state index in [1.165, 1.54) is 32.9 Å².